The third-order valence-electron chi connectivity index (χ3n) is 3.97. The van der Waals surface area contributed by atoms with Crippen LogP contribution in [0.15, 0.2) is 29.2 Å². The maximum Gasteiger partial charge on any atom is 0.248 e. The van der Waals surface area contributed by atoms with Gasteiger partial charge in [-0.1, -0.05) is 25.4 Å². The van der Waals surface area contributed by atoms with Gasteiger partial charge in [-0.15, -0.1) is 11.8 Å². The van der Waals surface area contributed by atoms with Gasteiger partial charge in [-0.25, -0.2) is 0 Å². The maximum atomic E-state index is 12.2. The normalized spacial score (nSPS) is 12.6. The zero-order chi connectivity index (χ0) is 18.6. The zero-order valence-corrected chi connectivity index (χ0v) is 16.8. The van der Waals surface area contributed by atoms with E-state index >= 15 is 0 Å². The molecule has 4 nitrogen and oxygen atoms in total. The highest BCUT2D eigenvalue weighted by Gasteiger charge is 2.09. The number of thioether (sulfide) groups is 1. The molecule has 0 aliphatic carbocycles. The second-order valence-electron chi connectivity index (χ2n) is 6.05. The summed E-state index contributed by atoms with van der Waals surface area (Å²) in [6, 6.07) is 6.11. The molecule has 1 unspecified atom stereocenters. The summed E-state index contributed by atoms with van der Waals surface area (Å²) in [5, 5.41) is 8.24. The fourth-order valence-corrected chi connectivity index (χ4v) is 3.59. The molecule has 1 amide bonds. The Morgan fingerprint density at radius 1 is 1.44 bits per heavy atom. The second kappa shape index (κ2) is 8.59. The third-order valence-corrected chi connectivity index (χ3v) is 5.68. The summed E-state index contributed by atoms with van der Waals surface area (Å²) in [4.78, 5) is 13.4. The molecule has 1 heterocycles. The van der Waals surface area contributed by atoms with Crippen molar-refractivity contribution in [2.24, 2.45) is 7.05 Å². The number of nitrogens with zero attached hydrogens (tertiary/aromatic N) is 2. The largest absolute Gasteiger partial charge is 0.322 e. The Morgan fingerprint density at radius 3 is 2.72 bits per heavy atom. The van der Waals surface area contributed by atoms with Crippen molar-refractivity contribution in [2.45, 2.75) is 44.3 Å². The van der Waals surface area contributed by atoms with E-state index in [2.05, 4.69) is 30.3 Å². The van der Waals surface area contributed by atoms with Crippen LogP contribution in [0.1, 0.15) is 37.1 Å². The first-order chi connectivity index (χ1) is 11.8. The molecule has 1 N–H and O–H groups in total. The fourth-order valence-electron chi connectivity index (χ4n) is 2.33. The van der Waals surface area contributed by atoms with E-state index in [9.17, 15) is 4.79 Å². The summed E-state index contributed by atoms with van der Waals surface area (Å²) in [6.45, 7) is 8.26. The summed E-state index contributed by atoms with van der Waals surface area (Å²) in [5.74, 6) is -0.190. The van der Waals surface area contributed by atoms with Crippen LogP contribution in [0.2, 0.25) is 5.15 Å². The number of carbonyl (C=O) groups excluding carboxylic acids is 1. The molecule has 1 aromatic carbocycles. The molecule has 25 heavy (non-hydrogen) atoms. The Hall–Kier alpha value is -1.72. The van der Waals surface area contributed by atoms with Crippen molar-refractivity contribution >= 4 is 41.0 Å². The molecule has 1 aromatic heterocycles. The SMILES string of the molecule is CCC(C)Sc1ccc(NC(=O)/C=C/c2c(C)nn(C)c2Cl)c(C)c1. The molecule has 0 aliphatic heterocycles. The molecule has 2 rings (SSSR count). The Balaban J connectivity index is 2.06. The van der Waals surface area contributed by atoms with Crippen LogP contribution < -0.4 is 5.32 Å². The number of benzene rings is 1. The van der Waals surface area contributed by atoms with Gasteiger partial charge >= 0.3 is 0 Å². The van der Waals surface area contributed by atoms with E-state index < -0.39 is 0 Å². The van der Waals surface area contributed by atoms with Gasteiger partial charge in [0.05, 0.1) is 5.69 Å². The lowest BCUT2D eigenvalue weighted by molar-refractivity contribution is -0.111. The molecule has 6 heteroatoms. The lowest BCUT2D eigenvalue weighted by Crippen LogP contribution is -2.09. The van der Waals surface area contributed by atoms with E-state index in [1.807, 2.05) is 37.7 Å². The molecule has 0 aliphatic rings. The van der Waals surface area contributed by atoms with Crippen LogP contribution in [0.25, 0.3) is 6.08 Å². The quantitative estimate of drug-likeness (QED) is 0.553. The summed E-state index contributed by atoms with van der Waals surface area (Å²) in [6.07, 6.45) is 4.31. The number of halogens is 1. The van der Waals surface area contributed by atoms with Crippen molar-refractivity contribution < 1.29 is 4.79 Å². The van der Waals surface area contributed by atoms with Crippen molar-refractivity contribution in [1.29, 1.82) is 0 Å². The number of rotatable bonds is 6. The van der Waals surface area contributed by atoms with Crippen molar-refractivity contribution in [3.8, 4) is 0 Å². The minimum atomic E-state index is -0.190. The number of hydrogen-bond donors (Lipinski definition) is 1. The van der Waals surface area contributed by atoms with Crippen molar-refractivity contribution in [2.75, 3.05) is 5.32 Å². The lowest BCUT2D eigenvalue weighted by atomic mass is 10.2. The van der Waals surface area contributed by atoms with E-state index in [0.717, 1.165) is 28.9 Å². The van der Waals surface area contributed by atoms with Crippen LogP contribution in [-0.2, 0) is 11.8 Å². The smallest absolute Gasteiger partial charge is 0.248 e. The van der Waals surface area contributed by atoms with Gasteiger partial charge in [0.25, 0.3) is 0 Å². The highest BCUT2D eigenvalue weighted by atomic mass is 35.5. The van der Waals surface area contributed by atoms with Gasteiger partial charge < -0.3 is 5.32 Å². The van der Waals surface area contributed by atoms with E-state index in [4.69, 9.17) is 11.6 Å². The second-order valence-corrected chi connectivity index (χ2v) is 7.92. The van der Waals surface area contributed by atoms with Gasteiger partial charge in [-0.05, 0) is 50.1 Å². The van der Waals surface area contributed by atoms with Crippen LogP contribution in [0.5, 0.6) is 0 Å². The van der Waals surface area contributed by atoms with Crippen LogP contribution in [0.4, 0.5) is 5.69 Å². The summed E-state index contributed by atoms with van der Waals surface area (Å²) < 4.78 is 1.59. The molecule has 2 aromatic rings. The van der Waals surface area contributed by atoms with Crippen molar-refractivity contribution in [1.82, 2.24) is 9.78 Å². The zero-order valence-electron chi connectivity index (χ0n) is 15.3. The molecule has 0 radical (unpaired) electrons. The minimum absolute atomic E-state index is 0.190. The molecule has 0 fully saturated rings. The topological polar surface area (TPSA) is 46.9 Å². The monoisotopic (exact) mass is 377 g/mol. The average molecular weight is 378 g/mol. The summed E-state index contributed by atoms with van der Waals surface area (Å²) in [7, 11) is 1.77. The fraction of sp³-hybridized carbons (Fsp3) is 0.368. The predicted molar refractivity (Wildman–Crippen MR) is 107 cm³/mol. The van der Waals surface area contributed by atoms with Crippen LogP contribution >= 0.6 is 23.4 Å². The summed E-state index contributed by atoms with van der Waals surface area (Å²) >= 11 is 8.02. The van der Waals surface area contributed by atoms with E-state index in [1.165, 1.54) is 11.0 Å². The van der Waals surface area contributed by atoms with E-state index in [0.29, 0.717) is 10.4 Å². The Labute approximate surface area is 158 Å². The molecule has 134 valence electrons. The Morgan fingerprint density at radius 2 is 2.16 bits per heavy atom. The molecule has 0 spiro atoms. The van der Waals surface area contributed by atoms with Crippen LogP contribution in [-0.4, -0.2) is 20.9 Å². The average Bonchev–Trinajstić information content (AvgIpc) is 2.80. The first-order valence-corrected chi connectivity index (χ1v) is 9.53. The number of nitrogens with one attached hydrogen (secondary N) is 1. The molecule has 0 saturated heterocycles. The molecular weight excluding hydrogens is 354 g/mol. The van der Waals surface area contributed by atoms with Crippen LogP contribution in [0, 0.1) is 13.8 Å². The molecule has 0 bridgehead atoms. The highest BCUT2D eigenvalue weighted by Crippen LogP contribution is 2.28. The first kappa shape index (κ1) is 19.6. The van der Waals surface area contributed by atoms with Gasteiger partial charge in [-0.3, -0.25) is 9.48 Å². The number of aryl methyl sites for hydroxylation is 3. The van der Waals surface area contributed by atoms with E-state index in [1.54, 1.807) is 17.8 Å². The Kier molecular flexibility index (Phi) is 6.73. The van der Waals surface area contributed by atoms with Crippen molar-refractivity contribution in [3.63, 3.8) is 0 Å². The first-order valence-electron chi connectivity index (χ1n) is 8.27. The summed E-state index contributed by atoms with van der Waals surface area (Å²) in [5.41, 5.74) is 3.42. The van der Waals surface area contributed by atoms with Crippen LogP contribution in [0.3, 0.4) is 0 Å². The molecule has 1 atom stereocenters. The Bertz CT molecular complexity index is 798. The maximum absolute atomic E-state index is 12.2. The molecular formula is C19H24ClN3OS. The van der Waals surface area contributed by atoms with Gasteiger partial charge in [0, 0.05) is 34.5 Å². The number of anilines is 1. The standard InChI is InChI=1S/C19H24ClN3OS/c1-6-13(3)25-15-7-9-17(12(2)11-15)21-18(24)10-8-16-14(4)22-23(5)19(16)20/h7-11,13H,6H2,1-5H3,(H,21,24)/b10-8+. The van der Waals surface area contributed by atoms with Crippen molar-refractivity contribution in [3.05, 3.63) is 46.2 Å². The minimum Gasteiger partial charge on any atom is -0.322 e. The van der Waals surface area contributed by atoms with Gasteiger partial charge in [0.2, 0.25) is 5.91 Å². The number of aromatic nitrogens is 2. The third kappa shape index (κ3) is 5.13. The lowest BCUT2D eigenvalue weighted by Gasteiger charge is -2.11. The predicted octanol–water partition coefficient (Wildman–Crippen LogP) is 5.23. The number of amides is 1. The van der Waals surface area contributed by atoms with E-state index in [-0.39, 0.29) is 5.91 Å². The van der Waals surface area contributed by atoms with Gasteiger partial charge in [0.15, 0.2) is 0 Å². The molecule has 0 saturated carbocycles. The number of carbonyl (C=O) groups is 1. The number of hydrogen-bond acceptors (Lipinski definition) is 3. The van der Waals surface area contributed by atoms with Gasteiger partial charge in [0.1, 0.15) is 5.15 Å². The highest BCUT2D eigenvalue weighted by molar-refractivity contribution is 7.99. The van der Waals surface area contributed by atoms with Gasteiger partial charge in [-0.2, -0.15) is 5.10 Å².